The quantitative estimate of drug-likeness (QED) is 0.948. The number of aromatic nitrogens is 2. The zero-order valence-corrected chi connectivity index (χ0v) is 13.7. The smallest absolute Gasteiger partial charge is 0.254 e. The molecule has 122 valence electrons. The van der Waals surface area contributed by atoms with Crippen molar-refractivity contribution in [3.63, 3.8) is 0 Å². The molecule has 2 aromatic rings. The maximum atomic E-state index is 13.0. The van der Waals surface area contributed by atoms with Crippen molar-refractivity contribution in [2.75, 3.05) is 19.6 Å². The van der Waals surface area contributed by atoms with Gasteiger partial charge in [-0.15, -0.1) is 0 Å². The van der Waals surface area contributed by atoms with Crippen LogP contribution in [0.1, 0.15) is 43.0 Å². The molecule has 3 heterocycles. The van der Waals surface area contributed by atoms with E-state index in [0.717, 1.165) is 42.5 Å². The number of carbonyl (C=O) groups is 1. The number of nitrogens with one attached hydrogen (secondary N) is 1. The Morgan fingerprint density at radius 1 is 1.26 bits per heavy atom. The zero-order chi connectivity index (χ0) is 15.8. The van der Waals surface area contributed by atoms with Crippen molar-refractivity contribution in [3.8, 4) is 0 Å². The summed E-state index contributed by atoms with van der Waals surface area (Å²) in [6, 6.07) is 6.70. The summed E-state index contributed by atoms with van der Waals surface area (Å²) in [6.07, 6.45) is 6.42. The number of aromatic amines is 1. The van der Waals surface area contributed by atoms with E-state index in [2.05, 4.69) is 26.7 Å². The molecule has 0 radical (unpaired) electrons. The Balaban J connectivity index is 1.59. The third kappa shape index (κ3) is 2.53. The van der Waals surface area contributed by atoms with Gasteiger partial charge in [0, 0.05) is 24.2 Å². The molecule has 5 heteroatoms. The molecule has 2 aliphatic rings. The van der Waals surface area contributed by atoms with Gasteiger partial charge in [-0.3, -0.25) is 9.69 Å². The number of rotatable bonds is 3. The van der Waals surface area contributed by atoms with Crippen molar-refractivity contribution in [1.29, 1.82) is 0 Å². The van der Waals surface area contributed by atoms with Crippen molar-refractivity contribution in [3.05, 3.63) is 30.1 Å². The highest BCUT2D eigenvalue weighted by atomic mass is 16.2. The Kier molecular flexibility index (Phi) is 3.81. The Hall–Kier alpha value is -1.88. The maximum Gasteiger partial charge on any atom is 0.254 e. The third-order valence-electron chi connectivity index (χ3n) is 5.49. The van der Waals surface area contributed by atoms with Gasteiger partial charge in [0.25, 0.3) is 5.91 Å². The molecule has 0 aliphatic carbocycles. The van der Waals surface area contributed by atoms with Gasteiger partial charge >= 0.3 is 0 Å². The van der Waals surface area contributed by atoms with Crippen LogP contribution in [0.4, 0.5) is 0 Å². The van der Waals surface area contributed by atoms with E-state index in [1.165, 1.54) is 19.4 Å². The van der Waals surface area contributed by atoms with Crippen molar-refractivity contribution in [2.24, 2.45) is 0 Å². The average Bonchev–Trinajstić information content (AvgIpc) is 3.30. The average molecular weight is 312 g/mol. The monoisotopic (exact) mass is 312 g/mol. The number of benzene rings is 1. The fourth-order valence-electron chi connectivity index (χ4n) is 4.36. The first kappa shape index (κ1) is 14.7. The number of hydrogen-bond donors (Lipinski definition) is 1. The predicted molar refractivity (Wildman–Crippen MR) is 90.4 cm³/mol. The molecule has 0 bridgehead atoms. The molecule has 1 N–H and O–H groups in total. The molecule has 0 unspecified atom stereocenters. The minimum Gasteiger partial charge on any atom is -0.345 e. The van der Waals surface area contributed by atoms with Gasteiger partial charge in [-0.2, -0.15) is 0 Å². The summed E-state index contributed by atoms with van der Waals surface area (Å²) in [7, 11) is 0. The predicted octanol–water partition coefficient (Wildman–Crippen LogP) is 2.65. The number of nitrogens with zero attached hydrogens (tertiary/aromatic N) is 3. The molecule has 1 aromatic carbocycles. The van der Waals surface area contributed by atoms with Crippen LogP contribution in [0.15, 0.2) is 24.5 Å². The van der Waals surface area contributed by atoms with Crippen molar-refractivity contribution in [2.45, 2.75) is 44.7 Å². The van der Waals surface area contributed by atoms with E-state index >= 15 is 0 Å². The standard InChI is InChI=1S/C18H24N4O/c1-2-21-9-3-5-16(21)17-6-4-10-22(17)18(23)13-7-8-14-15(11-13)20-12-19-14/h7-8,11-12,16-17H,2-6,9-10H2,1H3,(H,19,20)/t16-,17+/m0/s1. The number of carbonyl (C=O) groups excluding carboxylic acids is 1. The molecule has 2 fully saturated rings. The van der Waals surface area contributed by atoms with Crippen molar-refractivity contribution < 1.29 is 4.79 Å². The van der Waals surface area contributed by atoms with E-state index in [9.17, 15) is 4.79 Å². The lowest BCUT2D eigenvalue weighted by Gasteiger charge is -2.34. The Morgan fingerprint density at radius 2 is 2.09 bits per heavy atom. The summed E-state index contributed by atoms with van der Waals surface area (Å²) in [4.78, 5) is 25.0. The molecule has 23 heavy (non-hydrogen) atoms. The van der Waals surface area contributed by atoms with E-state index in [1.807, 2.05) is 18.2 Å². The van der Waals surface area contributed by atoms with Crippen LogP contribution in [0.3, 0.4) is 0 Å². The lowest BCUT2D eigenvalue weighted by Crippen LogP contribution is -2.48. The minimum atomic E-state index is 0.173. The van der Waals surface area contributed by atoms with Gasteiger partial charge in [-0.25, -0.2) is 4.98 Å². The number of amides is 1. The van der Waals surface area contributed by atoms with E-state index in [0.29, 0.717) is 12.1 Å². The third-order valence-corrected chi connectivity index (χ3v) is 5.49. The van der Waals surface area contributed by atoms with Gasteiger partial charge in [-0.05, 0) is 57.0 Å². The summed E-state index contributed by atoms with van der Waals surface area (Å²) in [5.41, 5.74) is 2.62. The van der Waals surface area contributed by atoms with E-state index in [-0.39, 0.29) is 5.91 Å². The minimum absolute atomic E-state index is 0.173. The number of imidazole rings is 1. The van der Waals surface area contributed by atoms with Gasteiger partial charge in [0.1, 0.15) is 0 Å². The van der Waals surface area contributed by atoms with E-state index in [4.69, 9.17) is 0 Å². The summed E-state index contributed by atoms with van der Waals surface area (Å²) in [6.45, 7) is 5.38. The fraction of sp³-hybridized carbons (Fsp3) is 0.556. The van der Waals surface area contributed by atoms with Crippen LogP contribution in [0.2, 0.25) is 0 Å². The Morgan fingerprint density at radius 3 is 2.96 bits per heavy atom. The van der Waals surface area contributed by atoms with Crippen LogP contribution in [-0.4, -0.2) is 57.4 Å². The fourth-order valence-corrected chi connectivity index (χ4v) is 4.36. The molecule has 2 saturated heterocycles. The first-order valence-electron chi connectivity index (χ1n) is 8.76. The largest absolute Gasteiger partial charge is 0.345 e. The molecule has 1 aromatic heterocycles. The molecule has 0 spiro atoms. The molecule has 5 nitrogen and oxygen atoms in total. The zero-order valence-electron chi connectivity index (χ0n) is 13.7. The number of fused-ring (bicyclic) bond motifs is 1. The van der Waals surface area contributed by atoms with Crippen LogP contribution in [-0.2, 0) is 0 Å². The molecule has 4 rings (SSSR count). The first-order chi connectivity index (χ1) is 11.3. The van der Waals surface area contributed by atoms with Crippen LogP contribution in [0, 0.1) is 0 Å². The highest BCUT2D eigenvalue weighted by Gasteiger charge is 2.39. The van der Waals surface area contributed by atoms with Gasteiger partial charge in [0.15, 0.2) is 0 Å². The molecule has 2 atom stereocenters. The number of hydrogen-bond acceptors (Lipinski definition) is 3. The molecule has 0 saturated carbocycles. The van der Waals surface area contributed by atoms with E-state index < -0.39 is 0 Å². The van der Waals surface area contributed by atoms with E-state index in [1.54, 1.807) is 6.33 Å². The topological polar surface area (TPSA) is 52.2 Å². The highest BCUT2D eigenvalue weighted by molar-refractivity contribution is 5.97. The van der Waals surface area contributed by atoms with Crippen molar-refractivity contribution in [1.82, 2.24) is 19.8 Å². The SMILES string of the molecule is CCN1CCC[C@H]1[C@H]1CCCN1C(=O)c1ccc2nc[nH]c2c1. The van der Waals surface area contributed by atoms with Gasteiger partial charge in [-0.1, -0.05) is 6.92 Å². The number of likely N-dealkylation sites (tertiary alicyclic amines) is 2. The molecular formula is C18H24N4O. The van der Waals surface area contributed by atoms with Crippen LogP contribution >= 0.6 is 0 Å². The first-order valence-corrected chi connectivity index (χ1v) is 8.76. The Labute approximate surface area is 136 Å². The molecule has 1 amide bonds. The van der Waals surface area contributed by atoms with Gasteiger partial charge in [0.05, 0.1) is 17.4 Å². The molecular weight excluding hydrogens is 288 g/mol. The lowest BCUT2D eigenvalue weighted by atomic mass is 10.0. The van der Waals surface area contributed by atoms with Crippen molar-refractivity contribution >= 4 is 16.9 Å². The van der Waals surface area contributed by atoms with Crippen LogP contribution in [0.25, 0.3) is 11.0 Å². The highest BCUT2D eigenvalue weighted by Crippen LogP contribution is 2.31. The number of likely N-dealkylation sites (N-methyl/N-ethyl adjacent to an activating group) is 1. The molecule has 2 aliphatic heterocycles. The maximum absolute atomic E-state index is 13.0. The second kappa shape index (κ2) is 5.96. The van der Waals surface area contributed by atoms with Crippen LogP contribution in [0.5, 0.6) is 0 Å². The van der Waals surface area contributed by atoms with Crippen LogP contribution < -0.4 is 0 Å². The van der Waals surface area contributed by atoms with Gasteiger partial charge < -0.3 is 9.88 Å². The summed E-state index contributed by atoms with van der Waals surface area (Å²) < 4.78 is 0. The summed E-state index contributed by atoms with van der Waals surface area (Å²) in [5, 5.41) is 0. The summed E-state index contributed by atoms with van der Waals surface area (Å²) >= 11 is 0. The lowest BCUT2D eigenvalue weighted by molar-refractivity contribution is 0.0650. The number of H-pyrrole nitrogens is 1. The van der Waals surface area contributed by atoms with Gasteiger partial charge in [0.2, 0.25) is 0 Å². The Bertz CT molecular complexity index is 710. The second-order valence-electron chi connectivity index (χ2n) is 6.68. The normalized spacial score (nSPS) is 25.5. The second-order valence-corrected chi connectivity index (χ2v) is 6.68. The summed E-state index contributed by atoms with van der Waals surface area (Å²) in [5.74, 6) is 0.173.